The van der Waals surface area contributed by atoms with Crippen molar-refractivity contribution in [2.24, 2.45) is 0 Å². The zero-order valence-electron chi connectivity index (χ0n) is 30.8. The van der Waals surface area contributed by atoms with Crippen LogP contribution in [-0.4, -0.2) is 90.5 Å². The number of imide groups is 2. The summed E-state index contributed by atoms with van der Waals surface area (Å²) in [6.45, 7) is 8.19. The first kappa shape index (κ1) is 36.4. The zero-order chi connectivity index (χ0) is 38.0. The summed E-state index contributed by atoms with van der Waals surface area (Å²) in [5.41, 5.74) is 6.25. The van der Waals surface area contributed by atoms with Gasteiger partial charge in [-0.1, -0.05) is 25.0 Å². The molecule has 1 fully saturated rings. The Kier molecular flexibility index (Phi) is 10.3. The Morgan fingerprint density at radius 2 is 1.74 bits per heavy atom. The minimum Gasteiger partial charge on any atom is -0.444 e. The molecule has 54 heavy (non-hydrogen) atoms. The Hall–Kier alpha value is -5.92. The predicted molar refractivity (Wildman–Crippen MR) is 201 cm³/mol. The molecule has 0 bridgehead atoms. The quantitative estimate of drug-likeness (QED) is 0.146. The van der Waals surface area contributed by atoms with Crippen LogP contribution in [0, 0.1) is 0 Å². The van der Waals surface area contributed by atoms with E-state index in [-0.39, 0.29) is 30.1 Å². The highest BCUT2D eigenvalue weighted by Gasteiger charge is 2.44. The van der Waals surface area contributed by atoms with Crippen molar-refractivity contribution in [1.29, 1.82) is 0 Å². The van der Waals surface area contributed by atoms with Crippen molar-refractivity contribution in [3.63, 3.8) is 0 Å². The SMILES string of the molecule is CC(C)(C)OC(=O)N1CC=C(c2ccc3ncc(-c4cnn(CCCCCCNc5ccc6c(c5)C(=O)N(C5CCC(=O)NC5=O)C6=O)c4)nc3c2)CC1. The van der Waals surface area contributed by atoms with E-state index in [1.807, 2.05) is 43.9 Å². The van der Waals surface area contributed by atoms with Crippen molar-refractivity contribution >= 4 is 52.0 Å². The van der Waals surface area contributed by atoms with Gasteiger partial charge >= 0.3 is 6.09 Å². The molecule has 7 rings (SSSR count). The van der Waals surface area contributed by atoms with Gasteiger partial charge in [-0.15, -0.1) is 0 Å². The fourth-order valence-electron chi connectivity index (χ4n) is 6.96. The molecule has 0 radical (unpaired) electrons. The number of hydrogen-bond donors (Lipinski definition) is 2. The number of aromatic nitrogens is 4. The van der Waals surface area contributed by atoms with Crippen molar-refractivity contribution in [3.8, 4) is 11.3 Å². The number of piperidine rings is 1. The number of unbranched alkanes of at least 4 members (excludes halogenated alkanes) is 3. The number of rotatable bonds is 11. The Labute approximate surface area is 313 Å². The summed E-state index contributed by atoms with van der Waals surface area (Å²) in [6, 6.07) is 10.2. The molecule has 1 saturated heterocycles. The van der Waals surface area contributed by atoms with E-state index >= 15 is 0 Å². The molecule has 14 nitrogen and oxygen atoms in total. The fraction of sp³-hybridized carbons (Fsp3) is 0.400. The van der Waals surface area contributed by atoms with Gasteiger partial charge in [-0.05, 0) is 87.9 Å². The number of carbonyl (C=O) groups excluding carboxylic acids is 5. The van der Waals surface area contributed by atoms with Crippen LogP contribution in [0.25, 0.3) is 27.9 Å². The molecule has 0 aliphatic carbocycles. The van der Waals surface area contributed by atoms with Gasteiger partial charge in [0.2, 0.25) is 11.8 Å². The van der Waals surface area contributed by atoms with Gasteiger partial charge in [0.1, 0.15) is 11.6 Å². The molecule has 0 spiro atoms. The molecule has 5 amide bonds. The van der Waals surface area contributed by atoms with E-state index in [4.69, 9.17) is 9.72 Å². The zero-order valence-corrected chi connectivity index (χ0v) is 30.8. The van der Waals surface area contributed by atoms with Crippen molar-refractivity contribution in [1.82, 2.24) is 34.9 Å². The van der Waals surface area contributed by atoms with E-state index in [0.29, 0.717) is 19.6 Å². The summed E-state index contributed by atoms with van der Waals surface area (Å²) in [4.78, 5) is 74.6. The average molecular weight is 733 g/mol. The second kappa shape index (κ2) is 15.2. The number of nitrogens with zero attached hydrogens (tertiary/aromatic N) is 6. The summed E-state index contributed by atoms with van der Waals surface area (Å²) < 4.78 is 7.45. The first-order valence-corrected chi connectivity index (χ1v) is 18.5. The lowest BCUT2D eigenvalue weighted by atomic mass is 9.99. The van der Waals surface area contributed by atoms with Crippen LogP contribution in [-0.2, 0) is 20.9 Å². The molecule has 280 valence electrons. The maximum absolute atomic E-state index is 13.1. The Morgan fingerprint density at radius 3 is 2.52 bits per heavy atom. The summed E-state index contributed by atoms with van der Waals surface area (Å²) in [5.74, 6) is -2.04. The smallest absolute Gasteiger partial charge is 0.410 e. The lowest BCUT2D eigenvalue weighted by Gasteiger charge is -2.29. The number of fused-ring (bicyclic) bond motifs is 2. The van der Waals surface area contributed by atoms with E-state index in [0.717, 1.165) is 77.1 Å². The second-order valence-electron chi connectivity index (χ2n) is 14.9. The minimum absolute atomic E-state index is 0.0858. The van der Waals surface area contributed by atoms with Gasteiger partial charge in [0.25, 0.3) is 11.8 Å². The molecule has 3 aliphatic rings. The first-order chi connectivity index (χ1) is 25.9. The highest BCUT2D eigenvalue weighted by Crippen LogP contribution is 2.30. The van der Waals surface area contributed by atoms with Gasteiger partial charge in [0.05, 0.1) is 40.2 Å². The number of hydrogen-bond acceptors (Lipinski definition) is 10. The average Bonchev–Trinajstić information content (AvgIpc) is 3.72. The van der Waals surface area contributed by atoms with Crippen LogP contribution < -0.4 is 10.6 Å². The maximum Gasteiger partial charge on any atom is 0.410 e. The number of amides is 5. The van der Waals surface area contributed by atoms with E-state index in [1.165, 1.54) is 5.57 Å². The molecule has 5 heterocycles. The van der Waals surface area contributed by atoms with E-state index in [2.05, 4.69) is 38.9 Å². The Morgan fingerprint density at radius 1 is 0.926 bits per heavy atom. The summed E-state index contributed by atoms with van der Waals surface area (Å²) in [5, 5.41) is 10.1. The monoisotopic (exact) mass is 732 g/mol. The predicted octanol–water partition coefficient (Wildman–Crippen LogP) is 5.59. The molecule has 4 aromatic rings. The van der Waals surface area contributed by atoms with Gasteiger partial charge in [0, 0.05) is 50.0 Å². The second-order valence-corrected chi connectivity index (χ2v) is 14.9. The van der Waals surface area contributed by atoms with Crippen LogP contribution in [0.15, 0.2) is 61.1 Å². The van der Waals surface area contributed by atoms with E-state index in [9.17, 15) is 24.0 Å². The number of benzene rings is 2. The van der Waals surface area contributed by atoms with Crippen LogP contribution in [0.5, 0.6) is 0 Å². The van der Waals surface area contributed by atoms with Crippen molar-refractivity contribution < 1.29 is 28.7 Å². The van der Waals surface area contributed by atoms with Crippen LogP contribution in [0.1, 0.15) is 92.0 Å². The highest BCUT2D eigenvalue weighted by molar-refractivity contribution is 6.23. The molecule has 14 heteroatoms. The Balaban J connectivity index is 0.861. The first-order valence-electron chi connectivity index (χ1n) is 18.5. The maximum atomic E-state index is 13.1. The third kappa shape index (κ3) is 8.02. The van der Waals surface area contributed by atoms with Crippen LogP contribution >= 0.6 is 0 Å². The van der Waals surface area contributed by atoms with Crippen LogP contribution in [0.3, 0.4) is 0 Å². The Bertz CT molecular complexity index is 2170. The molecule has 1 atom stereocenters. The van der Waals surface area contributed by atoms with E-state index in [1.54, 1.807) is 29.3 Å². The molecule has 3 aliphatic heterocycles. The lowest BCUT2D eigenvalue weighted by Crippen LogP contribution is -2.54. The number of anilines is 1. The third-order valence-corrected chi connectivity index (χ3v) is 9.79. The number of aryl methyl sites for hydroxylation is 1. The van der Waals surface area contributed by atoms with Gasteiger partial charge in [-0.2, -0.15) is 5.10 Å². The summed E-state index contributed by atoms with van der Waals surface area (Å²) in [7, 11) is 0. The molecular weight excluding hydrogens is 688 g/mol. The summed E-state index contributed by atoms with van der Waals surface area (Å²) >= 11 is 0. The van der Waals surface area contributed by atoms with Gasteiger partial charge in [0.15, 0.2) is 0 Å². The van der Waals surface area contributed by atoms with Gasteiger partial charge < -0.3 is 15.0 Å². The minimum atomic E-state index is -0.978. The molecule has 2 aromatic carbocycles. The van der Waals surface area contributed by atoms with Crippen molar-refractivity contribution in [2.45, 2.75) is 83.9 Å². The number of carbonyl (C=O) groups is 5. The third-order valence-electron chi connectivity index (χ3n) is 9.79. The van der Waals surface area contributed by atoms with Crippen molar-refractivity contribution in [3.05, 3.63) is 77.8 Å². The molecular formula is C40H44N8O6. The lowest BCUT2D eigenvalue weighted by molar-refractivity contribution is -0.136. The molecule has 0 saturated carbocycles. The largest absolute Gasteiger partial charge is 0.444 e. The van der Waals surface area contributed by atoms with Gasteiger partial charge in [-0.25, -0.2) is 9.78 Å². The summed E-state index contributed by atoms with van der Waals surface area (Å²) in [6.07, 6.45) is 12.2. The topological polar surface area (TPSA) is 169 Å². The normalized spacial score (nSPS) is 17.5. The van der Waals surface area contributed by atoms with Crippen molar-refractivity contribution in [2.75, 3.05) is 25.0 Å². The highest BCUT2D eigenvalue weighted by atomic mass is 16.6. The molecule has 2 aromatic heterocycles. The number of ether oxygens (including phenoxy) is 1. The van der Waals surface area contributed by atoms with Crippen LogP contribution in [0.2, 0.25) is 0 Å². The fourth-order valence-corrected chi connectivity index (χ4v) is 6.96. The number of nitrogens with one attached hydrogen (secondary N) is 2. The molecule has 2 N–H and O–H groups in total. The van der Waals surface area contributed by atoms with Crippen LogP contribution in [0.4, 0.5) is 10.5 Å². The van der Waals surface area contributed by atoms with E-state index < -0.39 is 35.3 Å². The van der Waals surface area contributed by atoms with Gasteiger partial charge in [-0.3, -0.25) is 39.1 Å². The standard InChI is InChI=1S/C40H44N8O6/c1-40(2,3)54-39(53)46-18-14-25(15-19-46)26-8-11-31-32(20-26)44-33(23-42-31)27-22-43-47(24-27)17-7-5-4-6-16-41-28-9-10-29-30(21-28)38(52)48(37(29)51)34-12-13-35(49)45-36(34)50/h8-11,14,20-24,34,41H,4-7,12-13,15-19H2,1-3H3,(H,45,49,50). The molecule has 1 unspecified atom stereocenters.